The molecule has 1 fully saturated rings. The second-order valence-corrected chi connectivity index (χ2v) is 9.01. The summed E-state index contributed by atoms with van der Waals surface area (Å²) in [4.78, 5) is 26.7. The predicted octanol–water partition coefficient (Wildman–Crippen LogP) is 3.82. The lowest BCUT2D eigenvalue weighted by molar-refractivity contribution is -0.151. The van der Waals surface area contributed by atoms with Crippen molar-refractivity contribution in [2.45, 2.75) is 40.0 Å². The summed E-state index contributed by atoms with van der Waals surface area (Å²) in [6.45, 7) is 10.2. The van der Waals surface area contributed by atoms with Gasteiger partial charge in [-0.15, -0.1) is 0 Å². The number of fused-ring (bicyclic) bond motifs is 1. The highest BCUT2D eigenvalue weighted by atomic mass is 16.5. The Morgan fingerprint density at radius 1 is 1.22 bits per heavy atom. The second-order valence-electron chi connectivity index (χ2n) is 9.01. The van der Waals surface area contributed by atoms with Crippen LogP contribution in [0.1, 0.15) is 30.8 Å². The summed E-state index contributed by atoms with van der Waals surface area (Å²) < 4.78 is 5.94. The number of nitrogens with zero attached hydrogens (tertiary/aromatic N) is 4. The molecule has 0 bridgehead atoms. The number of hydrogen-bond acceptors (Lipinski definition) is 5. The Morgan fingerprint density at radius 2 is 2.09 bits per heavy atom. The van der Waals surface area contributed by atoms with E-state index < -0.39 is 6.10 Å². The van der Waals surface area contributed by atoms with E-state index in [1.807, 2.05) is 42.2 Å². The Bertz CT molecular complexity index is 1070. The highest BCUT2D eigenvalue weighted by Crippen LogP contribution is 2.18. The zero-order valence-corrected chi connectivity index (χ0v) is 19.2. The molecule has 0 N–H and O–H groups in total. The molecule has 0 saturated carbocycles. The first-order valence-electron chi connectivity index (χ1n) is 11.4. The van der Waals surface area contributed by atoms with E-state index in [1.165, 1.54) is 0 Å². The number of morpholine rings is 1. The first-order valence-corrected chi connectivity index (χ1v) is 11.4. The van der Waals surface area contributed by atoms with Gasteiger partial charge < -0.3 is 9.64 Å². The van der Waals surface area contributed by atoms with Crippen molar-refractivity contribution in [3.63, 3.8) is 0 Å². The summed E-state index contributed by atoms with van der Waals surface area (Å²) in [7, 11) is 0. The van der Waals surface area contributed by atoms with Crippen molar-refractivity contribution in [1.29, 1.82) is 0 Å². The maximum absolute atomic E-state index is 13.5. The van der Waals surface area contributed by atoms with Crippen molar-refractivity contribution >= 4 is 16.8 Å². The third-order valence-electron chi connectivity index (χ3n) is 5.70. The van der Waals surface area contributed by atoms with Crippen molar-refractivity contribution in [3.8, 4) is 0 Å². The Kier molecular flexibility index (Phi) is 7.12. The number of pyridine rings is 2. The first kappa shape index (κ1) is 22.4. The van der Waals surface area contributed by atoms with Crippen molar-refractivity contribution in [2.24, 2.45) is 5.92 Å². The molecule has 0 radical (unpaired) electrons. The van der Waals surface area contributed by atoms with Gasteiger partial charge in [-0.2, -0.15) is 0 Å². The van der Waals surface area contributed by atoms with Gasteiger partial charge in [0, 0.05) is 50.0 Å². The molecule has 0 aliphatic carbocycles. The fourth-order valence-electron chi connectivity index (χ4n) is 4.23. The van der Waals surface area contributed by atoms with Crippen LogP contribution in [0.4, 0.5) is 0 Å². The van der Waals surface area contributed by atoms with E-state index in [2.05, 4.69) is 46.9 Å². The molecule has 1 aromatic carbocycles. The van der Waals surface area contributed by atoms with Crippen LogP contribution in [0.3, 0.4) is 0 Å². The fourth-order valence-corrected chi connectivity index (χ4v) is 4.23. The number of rotatable bonds is 7. The van der Waals surface area contributed by atoms with E-state index in [9.17, 15) is 4.79 Å². The molecule has 2 aromatic heterocycles. The van der Waals surface area contributed by atoms with E-state index in [0.29, 0.717) is 32.2 Å². The third kappa shape index (κ3) is 5.69. The molecule has 1 amide bonds. The molecule has 1 aliphatic heterocycles. The Morgan fingerprint density at radius 3 is 2.91 bits per heavy atom. The minimum Gasteiger partial charge on any atom is -0.366 e. The molecular formula is C26H32N4O2. The summed E-state index contributed by atoms with van der Waals surface area (Å²) in [6, 6.07) is 16.3. The zero-order chi connectivity index (χ0) is 22.5. The molecule has 3 aromatic rings. The Hall–Kier alpha value is -2.83. The molecule has 6 nitrogen and oxygen atoms in total. The second kappa shape index (κ2) is 10.2. The van der Waals surface area contributed by atoms with E-state index in [1.54, 1.807) is 6.20 Å². The minimum absolute atomic E-state index is 0.0619. The smallest absolute Gasteiger partial charge is 0.253 e. The average molecular weight is 433 g/mol. The normalized spacial score (nSPS) is 17.1. The lowest BCUT2D eigenvalue weighted by Gasteiger charge is -2.35. The van der Waals surface area contributed by atoms with E-state index >= 15 is 0 Å². The minimum atomic E-state index is -0.450. The van der Waals surface area contributed by atoms with Gasteiger partial charge in [-0.3, -0.25) is 19.7 Å². The number of amides is 1. The summed E-state index contributed by atoms with van der Waals surface area (Å²) >= 11 is 0. The molecule has 1 unspecified atom stereocenters. The summed E-state index contributed by atoms with van der Waals surface area (Å²) in [5.74, 6) is 0.434. The van der Waals surface area contributed by atoms with Gasteiger partial charge in [-0.1, -0.05) is 32.0 Å². The quantitative estimate of drug-likeness (QED) is 0.568. The van der Waals surface area contributed by atoms with Crippen LogP contribution in [0, 0.1) is 12.8 Å². The number of aromatic nitrogens is 2. The van der Waals surface area contributed by atoms with Gasteiger partial charge in [0.15, 0.2) is 0 Å². The van der Waals surface area contributed by atoms with Gasteiger partial charge in [-0.05, 0) is 48.7 Å². The molecule has 168 valence electrons. The van der Waals surface area contributed by atoms with Crippen LogP contribution in [0.25, 0.3) is 10.9 Å². The van der Waals surface area contributed by atoms with E-state index in [-0.39, 0.29) is 5.91 Å². The van der Waals surface area contributed by atoms with Crippen molar-refractivity contribution in [1.82, 2.24) is 19.8 Å². The van der Waals surface area contributed by atoms with Crippen LogP contribution >= 0.6 is 0 Å². The van der Waals surface area contributed by atoms with E-state index in [4.69, 9.17) is 4.74 Å². The highest BCUT2D eigenvalue weighted by Gasteiger charge is 2.31. The third-order valence-corrected chi connectivity index (χ3v) is 5.70. The highest BCUT2D eigenvalue weighted by molar-refractivity contribution is 5.82. The maximum Gasteiger partial charge on any atom is 0.253 e. The number of carbonyl (C=O) groups is 1. The Labute approximate surface area is 190 Å². The van der Waals surface area contributed by atoms with Crippen molar-refractivity contribution in [2.75, 3.05) is 26.2 Å². The molecule has 4 rings (SSSR count). The molecule has 0 spiro atoms. The summed E-state index contributed by atoms with van der Waals surface area (Å²) in [6.07, 6.45) is 1.35. The summed E-state index contributed by atoms with van der Waals surface area (Å²) in [5, 5.41) is 1.09. The van der Waals surface area contributed by atoms with Crippen LogP contribution in [0.5, 0.6) is 0 Å². The molecule has 32 heavy (non-hydrogen) atoms. The van der Waals surface area contributed by atoms with Gasteiger partial charge >= 0.3 is 0 Å². The average Bonchev–Trinajstić information content (AvgIpc) is 2.78. The lowest BCUT2D eigenvalue weighted by Crippen LogP contribution is -2.51. The fraction of sp³-hybridized carbons (Fsp3) is 0.423. The topological polar surface area (TPSA) is 58.6 Å². The lowest BCUT2D eigenvalue weighted by atomic mass is 10.1. The van der Waals surface area contributed by atoms with Gasteiger partial charge in [0.25, 0.3) is 5.91 Å². The molecule has 1 aliphatic rings. The molecule has 1 saturated heterocycles. The van der Waals surface area contributed by atoms with Crippen LogP contribution in [0.15, 0.2) is 54.7 Å². The van der Waals surface area contributed by atoms with Gasteiger partial charge in [0.2, 0.25) is 0 Å². The first-order chi connectivity index (χ1) is 15.5. The Balaban J connectivity index is 1.46. The van der Waals surface area contributed by atoms with Crippen molar-refractivity contribution < 1.29 is 9.53 Å². The van der Waals surface area contributed by atoms with Crippen LogP contribution < -0.4 is 0 Å². The molecule has 6 heteroatoms. The maximum atomic E-state index is 13.5. The molecule has 1 atom stereocenters. The largest absolute Gasteiger partial charge is 0.366 e. The van der Waals surface area contributed by atoms with Gasteiger partial charge in [0.1, 0.15) is 6.10 Å². The summed E-state index contributed by atoms with van der Waals surface area (Å²) in [5.41, 5.74) is 4.11. The van der Waals surface area contributed by atoms with Crippen LogP contribution in [0.2, 0.25) is 0 Å². The molecular weight excluding hydrogens is 400 g/mol. The standard InChI is InChI=1S/C26H32N4O2/c1-19(2)15-30(16-21-9-10-24-22(14-21)7-5-11-27-24)26(31)25-18-29(12-13-32-25)17-23-8-4-6-20(3)28-23/h4-11,14,19,25H,12-13,15-18H2,1-3H3. The van der Waals surface area contributed by atoms with E-state index in [0.717, 1.165) is 40.9 Å². The number of ether oxygens (including phenoxy) is 1. The number of benzene rings is 1. The predicted molar refractivity (Wildman–Crippen MR) is 126 cm³/mol. The van der Waals surface area contributed by atoms with Gasteiger partial charge in [0.05, 0.1) is 17.8 Å². The SMILES string of the molecule is Cc1cccc(CN2CCOC(C(=O)N(Cc3ccc4ncccc4c3)CC(C)C)C2)n1. The molecule has 3 heterocycles. The van der Waals surface area contributed by atoms with Crippen LogP contribution in [-0.2, 0) is 22.6 Å². The zero-order valence-electron chi connectivity index (χ0n) is 19.2. The van der Waals surface area contributed by atoms with Crippen LogP contribution in [-0.4, -0.2) is 58.0 Å². The number of aryl methyl sites for hydroxylation is 1. The van der Waals surface area contributed by atoms with Crippen molar-refractivity contribution in [3.05, 3.63) is 71.7 Å². The number of hydrogen-bond donors (Lipinski definition) is 0. The monoisotopic (exact) mass is 432 g/mol. The number of carbonyl (C=O) groups excluding carboxylic acids is 1. The van der Waals surface area contributed by atoms with Gasteiger partial charge in [-0.25, -0.2) is 0 Å².